The molecule has 0 saturated carbocycles. The van der Waals surface area contributed by atoms with Gasteiger partial charge in [-0.25, -0.2) is 0 Å². The standard InChI is InChI=1S/C15H18N4/c1-4-6-12(5-2)15(10-16)19-17-13-8-7-11(3)9-14(13)18-19/h4-9,15H,1-2,10,16H2,3H3/b12-6+. The van der Waals surface area contributed by atoms with Crippen molar-refractivity contribution in [2.24, 2.45) is 5.73 Å². The molecule has 1 atom stereocenters. The molecule has 0 saturated heterocycles. The predicted molar refractivity (Wildman–Crippen MR) is 78.8 cm³/mol. The Hall–Kier alpha value is -2.20. The van der Waals surface area contributed by atoms with Gasteiger partial charge in [0.1, 0.15) is 17.1 Å². The van der Waals surface area contributed by atoms with E-state index in [0.717, 1.165) is 22.2 Å². The van der Waals surface area contributed by atoms with Crippen molar-refractivity contribution in [2.75, 3.05) is 6.54 Å². The van der Waals surface area contributed by atoms with Crippen molar-refractivity contribution in [1.82, 2.24) is 15.0 Å². The minimum absolute atomic E-state index is 0.122. The molecule has 4 nitrogen and oxygen atoms in total. The van der Waals surface area contributed by atoms with Gasteiger partial charge in [0.2, 0.25) is 0 Å². The van der Waals surface area contributed by atoms with Crippen LogP contribution >= 0.6 is 0 Å². The van der Waals surface area contributed by atoms with E-state index in [9.17, 15) is 0 Å². The number of rotatable bonds is 5. The molecule has 0 bridgehead atoms. The number of benzene rings is 1. The van der Waals surface area contributed by atoms with Crippen molar-refractivity contribution >= 4 is 11.0 Å². The molecule has 0 aliphatic carbocycles. The van der Waals surface area contributed by atoms with E-state index in [1.807, 2.05) is 31.2 Å². The van der Waals surface area contributed by atoms with Crippen molar-refractivity contribution in [3.8, 4) is 0 Å². The molecule has 19 heavy (non-hydrogen) atoms. The molecule has 1 aromatic carbocycles. The van der Waals surface area contributed by atoms with Gasteiger partial charge in [0.05, 0.1) is 0 Å². The lowest BCUT2D eigenvalue weighted by molar-refractivity contribution is 0.474. The zero-order valence-electron chi connectivity index (χ0n) is 11.1. The monoisotopic (exact) mass is 254 g/mol. The Kier molecular flexibility index (Phi) is 3.92. The quantitative estimate of drug-likeness (QED) is 0.834. The number of aryl methyl sites for hydroxylation is 1. The van der Waals surface area contributed by atoms with Crippen LogP contribution in [0.4, 0.5) is 0 Å². The van der Waals surface area contributed by atoms with Crippen molar-refractivity contribution in [1.29, 1.82) is 0 Å². The molecule has 0 radical (unpaired) electrons. The van der Waals surface area contributed by atoms with Gasteiger partial charge in [-0.3, -0.25) is 0 Å². The number of fused-ring (bicyclic) bond motifs is 1. The number of hydrogen-bond donors (Lipinski definition) is 1. The summed E-state index contributed by atoms with van der Waals surface area (Å²) in [4.78, 5) is 1.65. The van der Waals surface area contributed by atoms with Crippen LogP contribution in [-0.4, -0.2) is 21.5 Å². The van der Waals surface area contributed by atoms with Crippen LogP contribution in [0.25, 0.3) is 11.0 Å². The highest BCUT2D eigenvalue weighted by atomic mass is 15.5. The van der Waals surface area contributed by atoms with Gasteiger partial charge in [0, 0.05) is 6.54 Å². The third-order valence-electron chi connectivity index (χ3n) is 2.98. The van der Waals surface area contributed by atoms with E-state index in [0.29, 0.717) is 6.54 Å². The number of aromatic nitrogens is 3. The molecule has 2 rings (SSSR count). The smallest absolute Gasteiger partial charge is 0.113 e. The van der Waals surface area contributed by atoms with E-state index in [1.54, 1.807) is 16.9 Å². The SMILES string of the molecule is C=C/C=C(\C=C)C(CN)n1nc2ccc(C)cc2n1. The van der Waals surface area contributed by atoms with Crippen molar-refractivity contribution in [3.63, 3.8) is 0 Å². The van der Waals surface area contributed by atoms with E-state index >= 15 is 0 Å². The van der Waals surface area contributed by atoms with Crippen molar-refractivity contribution < 1.29 is 0 Å². The highest BCUT2D eigenvalue weighted by Crippen LogP contribution is 2.19. The highest BCUT2D eigenvalue weighted by molar-refractivity contribution is 5.74. The van der Waals surface area contributed by atoms with Crippen LogP contribution in [-0.2, 0) is 0 Å². The fraction of sp³-hybridized carbons (Fsp3) is 0.200. The Morgan fingerprint density at radius 2 is 2.11 bits per heavy atom. The first-order valence-electron chi connectivity index (χ1n) is 6.18. The van der Waals surface area contributed by atoms with Gasteiger partial charge in [-0.05, 0) is 30.2 Å². The Morgan fingerprint density at radius 3 is 2.74 bits per heavy atom. The van der Waals surface area contributed by atoms with Crippen molar-refractivity contribution in [3.05, 3.63) is 60.7 Å². The number of hydrogen-bond acceptors (Lipinski definition) is 3. The van der Waals surface area contributed by atoms with Crippen LogP contribution in [0.2, 0.25) is 0 Å². The average molecular weight is 254 g/mol. The fourth-order valence-corrected chi connectivity index (χ4v) is 2.00. The van der Waals surface area contributed by atoms with Gasteiger partial charge in [0.15, 0.2) is 0 Å². The molecule has 98 valence electrons. The molecule has 2 N–H and O–H groups in total. The highest BCUT2D eigenvalue weighted by Gasteiger charge is 2.15. The summed E-state index contributed by atoms with van der Waals surface area (Å²) in [6.45, 7) is 9.94. The largest absolute Gasteiger partial charge is 0.328 e. The minimum Gasteiger partial charge on any atom is -0.328 e. The summed E-state index contributed by atoms with van der Waals surface area (Å²) in [6, 6.07) is 5.87. The maximum Gasteiger partial charge on any atom is 0.113 e. The van der Waals surface area contributed by atoms with Gasteiger partial charge in [0.25, 0.3) is 0 Å². The van der Waals surface area contributed by atoms with E-state index in [-0.39, 0.29) is 6.04 Å². The molecule has 1 unspecified atom stereocenters. The third-order valence-corrected chi connectivity index (χ3v) is 2.98. The predicted octanol–water partition coefficient (Wildman–Crippen LogP) is 2.54. The summed E-state index contributed by atoms with van der Waals surface area (Å²) in [5.41, 5.74) is 9.70. The molecule has 2 aromatic rings. The first-order valence-corrected chi connectivity index (χ1v) is 6.18. The molecular weight excluding hydrogens is 236 g/mol. The summed E-state index contributed by atoms with van der Waals surface area (Å²) in [5.74, 6) is 0. The second-order valence-electron chi connectivity index (χ2n) is 4.37. The zero-order valence-corrected chi connectivity index (χ0v) is 11.1. The Morgan fingerprint density at radius 1 is 1.37 bits per heavy atom. The second kappa shape index (κ2) is 5.63. The van der Waals surface area contributed by atoms with Crippen LogP contribution < -0.4 is 5.73 Å². The van der Waals surface area contributed by atoms with Gasteiger partial charge >= 0.3 is 0 Å². The molecule has 0 amide bonds. The Bertz CT molecular complexity index is 637. The number of allylic oxidation sites excluding steroid dienone is 3. The van der Waals surface area contributed by atoms with Gasteiger partial charge in [-0.1, -0.05) is 37.5 Å². The molecule has 0 spiro atoms. The van der Waals surface area contributed by atoms with Crippen LogP contribution in [0.15, 0.2) is 55.2 Å². The summed E-state index contributed by atoms with van der Waals surface area (Å²) >= 11 is 0. The van der Waals surface area contributed by atoms with Crippen LogP contribution in [0.1, 0.15) is 11.6 Å². The zero-order chi connectivity index (χ0) is 13.8. The minimum atomic E-state index is -0.122. The molecule has 4 heteroatoms. The van der Waals surface area contributed by atoms with Crippen LogP contribution in [0.3, 0.4) is 0 Å². The lowest BCUT2D eigenvalue weighted by Gasteiger charge is -2.14. The van der Waals surface area contributed by atoms with E-state index in [2.05, 4.69) is 23.4 Å². The van der Waals surface area contributed by atoms with Crippen LogP contribution in [0.5, 0.6) is 0 Å². The molecule has 0 aliphatic heterocycles. The van der Waals surface area contributed by atoms with Gasteiger partial charge in [-0.15, -0.1) is 0 Å². The third kappa shape index (κ3) is 2.63. The lowest BCUT2D eigenvalue weighted by atomic mass is 10.1. The van der Waals surface area contributed by atoms with Gasteiger partial charge < -0.3 is 5.73 Å². The molecular formula is C15H18N4. The topological polar surface area (TPSA) is 56.7 Å². The second-order valence-corrected chi connectivity index (χ2v) is 4.37. The molecule has 0 fully saturated rings. The fourth-order valence-electron chi connectivity index (χ4n) is 2.00. The summed E-state index contributed by atoms with van der Waals surface area (Å²) in [5, 5.41) is 8.98. The first kappa shape index (κ1) is 13.2. The average Bonchev–Trinajstić information content (AvgIpc) is 2.81. The van der Waals surface area contributed by atoms with E-state index in [4.69, 9.17) is 5.73 Å². The normalized spacial score (nSPS) is 13.5. The van der Waals surface area contributed by atoms with Crippen molar-refractivity contribution in [2.45, 2.75) is 13.0 Å². The van der Waals surface area contributed by atoms with Crippen LogP contribution in [0, 0.1) is 6.92 Å². The molecule has 0 aliphatic rings. The summed E-state index contributed by atoms with van der Waals surface area (Å²) in [7, 11) is 0. The maximum atomic E-state index is 5.84. The summed E-state index contributed by atoms with van der Waals surface area (Å²) in [6.07, 6.45) is 5.36. The Labute approximate surface area is 112 Å². The number of nitrogens with zero attached hydrogens (tertiary/aromatic N) is 3. The summed E-state index contributed by atoms with van der Waals surface area (Å²) < 4.78 is 0. The Balaban J connectivity index is 2.48. The van der Waals surface area contributed by atoms with E-state index in [1.165, 1.54) is 0 Å². The first-order chi connectivity index (χ1) is 9.19. The van der Waals surface area contributed by atoms with Gasteiger partial charge in [-0.2, -0.15) is 15.0 Å². The lowest BCUT2D eigenvalue weighted by Crippen LogP contribution is -2.22. The molecule has 1 heterocycles. The number of nitrogens with two attached hydrogens (primary N) is 1. The van der Waals surface area contributed by atoms with E-state index < -0.39 is 0 Å². The molecule has 1 aromatic heterocycles. The maximum absolute atomic E-state index is 5.84.